The second kappa shape index (κ2) is 7.11. The highest BCUT2D eigenvalue weighted by atomic mass is 35.5. The Balaban J connectivity index is 2.29. The van der Waals surface area contributed by atoms with Crippen LogP contribution in [0.2, 0.25) is 5.02 Å². The fraction of sp³-hybridized carbons (Fsp3) is 0.368. The van der Waals surface area contributed by atoms with E-state index in [4.69, 9.17) is 17.3 Å². The van der Waals surface area contributed by atoms with Crippen LogP contribution in [-0.2, 0) is 11.8 Å². The van der Waals surface area contributed by atoms with Gasteiger partial charge in [-0.25, -0.2) is 0 Å². The van der Waals surface area contributed by atoms with E-state index in [-0.39, 0.29) is 11.5 Å². The fourth-order valence-electron chi connectivity index (χ4n) is 3.28. The van der Waals surface area contributed by atoms with Crippen LogP contribution in [0.1, 0.15) is 37.8 Å². The van der Waals surface area contributed by atoms with Gasteiger partial charge in [-0.05, 0) is 42.5 Å². The molecule has 0 amide bonds. The van der Waals surface area contributed by atoms with E-state index in [9.17, 15) is 0 Å². The number of hydrogen-bond donors (Lipinski definition) is 1. The first kappa shape index (κ1) is 16.1. The van der Waals surface area contributed by atoms with Crippen molar-refractivity contribution in [2.45, 2.75) is 44.6 Å². The summed E-state index contributed by atoms with van der Waals surface area (Å²) in [6, 6.07) is 18.7. The summed E-state index contributed by atoms with van der Waals surface area (Å²) in [5.41, 5.74) is 9.21. The van der Waals surface area contributed by atoms with Crippen LogP contribution in [0, 0.1) is 0 Å². The van der Waals surface area contributed by atoms with Crippen molar-refractivity contribution >= 4 is 11.6 Å². The Morgan fingerprint density at radius 1 is 1.00 bits per heavy atom. The summed E-state index contributed by atoms with van der Waals surface area (Å²) in [6.45, 7) is 4.46. The largest absolute Gasteiger partial charge is 0.327 e. The highest BCUT2D eigenvalue weighted by Crippen LogP contribution is 2.35. The van der Waals surface area contributed by atoms with Gasteiger partial charge in [-0.3, -0.25) is 0 Å². The van der Waals surface area contributed by atoms with Gasteiger partial charge in [0, 0.05) is 16.5 Å². The van der Waals surface area contributed by atoms with Crippen LogP contribution in [0.25, 0.3) is 0 Å². The van der Waals surface area contributed by atoms with Crippen molar-refractivity contribution in [3.05, 3.63) is 70.7 Å². The number of hydrogen-bond acceptors (Lipinski definition) is 1. The van der Waals surface area contributed by atoms with Gasteiger partial charge in [-0.2, -0.15) is 0 Å². The third-order valence-corrected chi connectivity index (χ3v) is 4.90. The second-order valence-electron chi connectivity index (χ2n) is 5.67. The van der Waals surface area contributed by atoms with Crippen molar-refractivity contribution in [3.8, 4) is 0 Å². The smallest absolute Gasteiger partial charge is 0.0408 e. The Labute approximate surface area is 133 Å². The van der Waals surface area contributed by atoms with Crippen LogP contribution in [0.15, 0.2) is 54.6 Å². The SMILES string of the molecule is CCC(CC)(c1ccccc1)C(N)Cc1cccc(Cl)c1. The van der Waals surface area contributed by atoms with Crippen LogP contribution < -0.4 is 5.73 Å². The molecule has 0 spiro atoms. The summed E-state index contributed by atoms with van der Waals surface area (Å²) in [5, 5.41) is 0.776. The molecule has 0 saturated heterocycles. The molecule has 0 aliphatic rings. The summed E-state index contributed by atoms with van der Waals surface area (Å²) in [7, 11) is 0. The molecule has 2 aromatic carbocycles. The fourth-order valence-corrected chi connectivity index (χ4v) is 3.49. The van der Waals surface area contributed by atoms with Gasteiger partial charge in [0.25, 0.3) is 0 Å². The molecule has 1 nitrogen and oxygen atoms in total. The number of nitrogens with two attached hydrogens (primary N) is 1. The molecule has 2 N–H and O–H groups in total. The van der Waals surface area contributed by atoms with Crippen LogP contribution in [0.3, 0.4) is 0 Å². The quantitative estimate of drug-likeness (QED) is 0.801. The average Bonchev–Trinajstić information content (AvgIpc) is 2.50. The van der Waals surface area contributed by atoms with E-state index in [1.54, 1.807) is 0 Å². The zero-order chi connectivity index (χ0) is 15.3. The van der Waals surface area contributed by atoms with E-state index in [2.05, 4.69) is 50.2 Å². The number of halogens is 1. The van der Waals surface area contributed by atoms with E-state index in [0.717, 1.165) is 24.3 Å². The highest BCUT2D eigenvalue weighted by Gasteiger charge is 2.34. The molecule has 21 heavy (non-hydrogen) atoms. The van der Waals surface area contributed by atoms with Crippen LogP contribution in [0.4, 0.5) is 0 Å². The first-order valence-corrected chi connectivity index (χ1v) is 8.05. The van der Waals surface area contributed by atoms with Gasteiger partial charge in [0.2, 0.25) is 0 Å². The van der Waals surface area contributed by atoms with E-state index in [0.29, 0.717) is 0 Å². The molecule has 1 unspecified atom stereocenters. The van der Waals surface area contributed by atoms with Crippen LogP contribution >= 0.6 is 11.6 Å². The Hall–Kier alpha value is -1.31. The molecule has 1 atom stereocenters. The maximum absolute atomic E-state index is 6.65. The lowest BCUT2D eigenvalue weighted by Crippen LogP contribution is -2.46. The molecule has 0 aliphatic heterocycles. The molecule has 0 aromatic heterocycles. The predicted octanol–water partition coefficient (Wildman–Crippen LogP) is 4.97. The van der Waals surface area contributed by atoms with E-state index < -0.39 is 0 Å². The first-order valence-electron chi connectivity index (χ1n) is 7.68. The van der Waals surface area contributed by atoms with Crippen LogP contribution in [0.5, 0.6) is 0 Å². The van der Waals surface area contributed by atoms with Gasteiger partial charge in [0.15, 0.2) is 0 Å². The van der Waals surface area contributed by atoms with Crippen molar-refractivity contribution in [2.24, 2.45) is 5.73 Å². The van der Waals surface area contributed by atoms with Crippen molar-refractivity contribution in [1.29, 1.82) is 0 Å². The number of rotatable bonds is 6. The minimum Gasteiger partial charge on any atom is -0.327 e. The predicted molar refractivity (Wildman–Crippen MR) is 91.8 cm³/mol. The Kier molecular flexibility index (Phi) is 5.44. The minimum atomic E-state index is 0.0174. The molecule has 112 valence electrons. The summed E-state index contributed by atoms with van der Waals surface area (Å²) in [4.78, 5) is 0. The Morgan fingerprint density at radius 2 is 1.67 bits per heavy atom. The lowest BCUT2D eigenvalue weighted by molar-refractivity contribution is 0.315. The summed E-state index contributed by atoms with van der Waals surface area (Å²) in [6.07, 6.45) is 2.92. The van der Waals surface area contributed by atoms with Crippen molar-refractivity contribution in [2.75, 3.05) is 0 Å². The van der Waals surface area contributed by atoms with Gasteiger partial charge in [-0.15, -0.1) is 0 Å². The molecular formula is C19H24ClN. The third kappa shape index (κ3) is 3.48. The maximum atomic E-state index is 6.65. The third-order valence-electron chi connectivity index (χ3n) is 4.66. The van der Waals surface area contributed by atoms with E-state index in [1.165, 1.54) is 11.1 Å². The molecule has 0 bridgehead atoms. The lowest BCUT2D eigenvalue weighted by atomic mass is 9.69. The normalized spacial score (nSPS) is 13.1. The molecule has 0 fully saturated rings. The monoisotopic (exact) mass is 301 g/mol. The van der Waals surface area contributed by atoms with Crippen molar-refractivity contribution in [3.63, 3.8) is 0 Å². The molecule has 0 saturated carbocycles. The van der Waals surface area contributed by atoms with E-state index in [1.807, 2.05) is 18.2 Å². The lowest BCUT2D eigenvalue weighted by Gasteiger charge is -2.38. The van der Waals surface area contributed by atoms with Gasteiger partial charge in [0.1, 0.15) is 0 Å². The van der Waals surface area contributed by atoms with Gasteiger partial charge in [0.05, 0.1) is 0 Å². The van der Waals surface area contributed by atoms with Gasteiger partial charge in [-0.1, -0.05) is 67.9 Å². The van der Waals surface area contributed by atoms with Gasteiger partial charge >= 0.3 is 0 Å². The maximum Gasteiger partial charge on any atom is 0.0408 e. The van der Waals surface area contributed by atoms with Crippen LogP contribution in [-0.4, -0.2) is 6.04 Å². The molecule has 0 heterocycles. The molecule has 2 rings (SSSR count). The van der Waals surface area contributed by atoms with Gasteiger partial charge < -0.3 is 5.73 Å². The molecule has 2 heteroatoms. The molecule has 0 aliphatic carbocycles. The first-order chi connectivity index (χ1) is 10.1. The van der Waals surface area contributed by atoms with Crippen molar-refractivity contribution < 1.29 is 0 Å². The minimum absolute atomic E-state index is 0.0174. The molecule has 0 radical (unpaired) electrons. The molecular weight excluding hydrogens is 278 g/mol. The molecule has 2 aromatic rings. The van der Waals surface area contributed by atoms with Crippen molar-refractivity contribution in [1.82, 2.24) is 0 Å². The standard InChI is InChI=1S/C19H24ClN/c1-3-19(4-2,16-10-6-5-7-11-16)18(21)14-15-9-8-12-17(20)13-15/h5-13,18H,3-4,14,21H2,1-2H3. The summed E-state index contributed by atoms with van der Waals surface area (Å²) < 4.78 is 0. The van der Waals surface area contributed by atoms with E-state index >= 15 is 0 Å². The zero-order valence-electron chi connectivity index (χ0n) is 12.9. The Morgan fingerprint density at radius 3 is 2.24 bits per heavy atom. The topological polar surface area (TPSA) is 26.0 Å². The summed E-state index contributed by atoms with van der Waals surface area (Å²) >= 11 is 6.09. The summed E-state index contributed by atoms with van der Waals surface area (Å²) in [5.74, 6) is 0. The second-order valence-corrected chi connectivity index (χ2v) is 6.11. The zero-order valence-corrected chi connectivity index (χ0v) is 13.6. The highest BCUT2D eigenvalue weighted by molar-refractivity contribution is 6.30. The average molecular weight is 302 g/mol. The number of benzene rings is 2. The Bertz CT molecular complexity index is 561.